The van der Waals surface area contributed by atoms with Gasteiger partial charge in [-0.2, -0.15) is 9.61 Å². The van der Waals surface area contributed by atoms with E-state index in [1.54, 1.807) is 0 Å². The van der Waals surface area contributed by atoms with Crippen molar-refractivity contribution in [1.82, 2.24) is 14.2 Å². The standard InChI is InChI=1S/C22H21N3O3/c1-16-12-22(27)25-21(13-20(23-25)17-8-4-2-5-9-17)24(16)14-18(26)15-28-19-10-6-3-7-11-19/h2-13,18,26H,14-15H2,1H3. The minimum Gasteiger partial charge on any atom is -0.491 e. The van der Waals surface area contributed by atoms with Gasteiger partial charge in [-0.1, -0.05) is 48.5 Å². The molecule has 2 aromatic heterocycles. The molecule has 2 heterocycles. The quantitative estimate of drug-likeness (QED) is 0.563. The summed E-state index contributed by atoms with van der Waals surface area (Å²) >= 11 is 0. The molecule has 2 aromatic carbocycles. The number of benzene rings is 2. The van der Waals surface area contributed by atoms with Crippen LogP contribution in [0.2, 0.25) is 0 Å². The molecule has 1 N–H and O–H groups in total. The van der Waals surface area contributed by atoms with E-state index in [9.17, 15) is 9.90 Å². The highest BCUT2D eigenvalue weighted by Gasteiger charge is 2.15. The molecule has 0 amide bonds. The van der Waals surface area contributed by atoms with Gasteiger partial charge in [0.15, 0.2) is 0 Å². The second-order valence-corrected chi connectivity index (χ2v) is 6.68. The van der Waals surface area contributed by atoms with Crippen molar-refractivity contribution in [3.63, 3.8) is 0 Å². The van der Waals surface area contributed by atoms with Crippen LogP contribution < -0.4 is 10.3 Å². The Morgan fingerprint density at radius 1 is 1.04 bits per heavy atom. The largest absolute Gasteiger partial charge is 0.491 e. The van der Waals surface area contributed by atoms with Gasteiger partial charge in [0, 0.05) is 23.4 Å². The van der Waals surface area contributed by atoms with Crippen molar-refractivity contribution in [1.29, 1.82) is 0 Å². The first-order valence-corrected chi connectivity index (χ1v) is 9.13. The number of ether oxygens (including phenoxy) is 1. The molecular formula is C22H21N3O3. The number of hydrogen-bond acceptors (Lipinski definition) is 4. The molecular weight excluding hydrogens is 354 g/mol. The van der Waals surface area contributed by atoms with Crippen LogP contribution in [-0.2, 0) is 6.54 Å². The van der Waals surface area contributed by atoms with Gasteiger partial charge in [0.2, 0.25) is 0 Å². The maximum atomic E-state index is 12.4. The Morgan fingerprint density at radius 3 is 2.43 bits per heavy atom. The molecule has 28 heavy (non-hydrogen) atoms. The summed E-state index contributed by atoms with van der Waals surface area (Å²) in [4.78, 5) is 12.4. The summed E-state index contributed by atoms with van der Waals surface area (Å²) in [6.45, 7) is 2.30. The number of aliphatic hydroxyl groups is 1. The van der Waals surface area contributed by atoms with Crippen LogP contribution in [0, 0.1) is 6.92 Å². The Balaban J connectivity index is 1.62. The van der Waals surface area contributed by atoms with Crippen LogP contribution in [0.5, 0.6) is 5.75 Å². The molecule has 0 saturated carbocycles. The summed E-state index contributed by atoms with van der Waals surface area (Å²) in [6.07, 6.45) is -0.736. The van der Waals surface area contributed by atoms with Crippen molar-refractivity contribution in [3.8, 4) is 17.0 Å². The predicted molar refractivity (Wildman–Crippen MR) is 108 cm³/mol. The lowest BCUT2D eigenvalue weighted by Gasteiger charge is -2.17. The zero-order chi connectivity index (χ0) is 19.5. The molecule has 6 nitrogen and oxygen atoms in total. The van der Waals surface area contributed by atoms with Gasteiger partial charge in [0.1, 0.15) is 24.1 Å². The van der Waals surface area contributed by atoms with Gasteiger partial charge in [0.05, 0.1) is 12.2 Å². The zero-order valence-corrected chi connectivity index (χ0v) is 15.5. The van der Waals surface area contributed by atoms with Crippen LogP contribution in [0.15, 0.2) is 77.6 Å². The SMILES string of the molecule is Cc1cc(=O)n2nc(-c3ccccc3)cc2n1CC(O)COc1ccccc1. The highest BCUT2D eigenvalue weighted by atomic mass is 16.5. The second-order valence-electron chi connectivity index (χ2n) is 6.68. The molecule has 0 spiro atoms. The molecule has 0 bridgehead atoms. The molecule has 0 fully saturated rings. The van der Waals surface area contributed by atoms with Crippen molar-refractivity contribution in [3.05, 3.63) is 88.8 Å². The molecule has 0 aliphatic carbocycles. The number of aromatic nitrogens is 3. The number of para-hydroxylation sites is 1. The highest BCUT2D eigenvalue weighted by molar-refractivity contribution is 5.64. The average molecular weight is 375 g/mol. The number of rotatable bonds is 6. The lowest BCUT2D eigenvalue weighted by molar-refractivity contribution is 0.0926. The normalized spacial score (nSPS) is 12.2. The third-order valence-corrected chi connectivity index (χ3v) is 4.58. The minimum atomic E-state index is -0.736. The number of hydrogen-bond donors (Lipinski definition) is 1. The number of nitrogens with zero attached hydrogens (tertiary/aromatic N) is 3. The van der Waals surface area contributed by atoms with E-state index in [-0.39, 0.29) is 12.2 Å². The van der Waals surface area contributed by atoms with Gasteiger partial charge < -0.3 is 14.4 Å². The van der Waals surface area contributed by atoms with Gasteiger partial charge in [-0.05, 0) is 19.1 Å². The molecule has 4 rings (SSSR count). The number of aliphatic hydroxyl groups excluding tert-OH is 1. The molecule has 0 saturated heterocycles. The fraction of sp³-hybridized carbons (Fsp3) is 0.182. The fourth-order valence-corrected chi connectivity index (χ4v) is 3.18. The summed E-state index contributed by atoms with van der Waals surface area (Å²) in [5, 5.41) is 14.9. The molecule has 6 heteroatoms. The maximum absolute atomic E-state index is 12.4. The Bertz CT molecular complexity index is 1130. The van der Waals surface area contributed by atoms with E-state index in [1.165, 1.54) is 10.6 Å². The van der Waals surface area contributed by atoms with Gasteiger partial charge >= 0.3 is 0 Å². The summed E-state index contributed by atoms with van der Waals surface area (Å²) in [6, 6.07) is 22.5. The van der Waals surface area contributed by atoms with Crippen molar-refractivity contribution >= 4 is 5.65 Å². The summed E-state index contributed by atoms with van der Waals surface area (Å²) in [7, 11) is 0. The lowest BCUT2D eigenvalue weighted by atomic mass is 10.2. The molecule has 1 unspecified atom stereocenters. The molecule has 1 atom stereocenters. The van der Waals surface area contributed by atoms with Gasteiger partial charge in [-0.3, -0.25) is 4.79 Å². The molecule has 4 aromatic rings. The van der Waals surface area contributed by atoms with Crippen molar-refractivity contribution in [2.24, 2.45) is 0 Å². The van der Waals surface area contributed by atoms with E-state index >= 15 is 0 Å². The first-order chi connectivity index (χ1) is 13.6. The van der Waals surface area contributed by atoms with Crippen LogP contribution in [0.3, 0.4) is 0 Å². The number of aryl methyl sites for hydroxylation is 1. The Labute approximate surface area is 162 Å². The lowest BCUT2D eigenvalue weighted by Crippen LogP contribution is -2.27. The third kappa shape index (κ3) is 3.68. The van der Waals surface area contributed by atoms with E-state index in [0.717, 1.165) is 11.3 Å². The maximum Gasteiger partial charge on any atom is 0.274 e. The van der Waals surface area contributed by atoms with Crippen LogP contribution in [0.4, 0.5) is 0 Å². The highest BCUT2D eigenvalue weighted by Crippen LogP contribution is 2.19. The van der Waals surface area contributed by atoms with Gasteiger partial charge in [-0.25, -0.2) is 0 Å². The van der Waals surface area contributed by atoms with Crippen LogP contribution in [0.1, 0.15) is 5.69 Å². The first kappa shape index (κ1) is 18.0. The second kappa shape index (κ2) is 7.70. The summed E-state index contributed by atoms with van der Waals surface area (Å²) < 4.78 is 8.91. The average Bonchev–Trinajstić information content (AvgIpc) is 3.17. The molecule has 0 radical (unpaired) electrons. The van der Waals surface area contributed by atoms with E-state index in [4.69, 9.17) is 4.74 Å². The van der Waals surface area contributed by atoms with Crippen LogP contribution in [-0.4, -0.2) is 32.0 Å². The minimum absolute atomic E-state index is 0.154. The summed E-state index contributed by atoms with van der Waals surface area (Å²) in [5.41, 5.74) is 2.86. The smallest absolute Gasteiger partial charge is 0.274 e. The molecule has 0 aliphatic rings. The molecule has 0 aliphatic heterocycles. The van der Waals surface area contributed by atoms with Crippen molar-refractivity contribution in [2.75, 3.05) is 6.61 Å². The Morgan fingerprint density at radius 2 is 1.71 bits per heavy atom. The zero-order valence-electron chi connectivity index (χ0n) is 15.5. The van der Waals surface area contributed by atoms with Crippen LogP contribution >= 0.6 is 0 Å². The predicted octanol–water partition coefficient (Wildman–Crippen LogP) is 2.91. The van der Waals surface area contributed by atoms with E-state index in [0.29, 0.717) is 23.6 Å². The topological polar surface area (TPSA) is 68.8 Å². The third-order valence-electron chi connectivity index (χ3n) is 4.58. The summed E-state index contributed by atoms with van der Waals surface area (Å²) in [5.74, 6) is 0.707. The van der Waals surface area contributed by atoms with E-state index < -0.39 is 6.10 Å². The Kier molecular flexibility index (Phi) is 4.95. The van der Waals surface area contributed by atoms with Gasteiger partial charge in [-0.15, -0.1) is 0 Å². The van der Waals surface area contributed by atoms with Crippen molar-refractivity contribution < 1.29 is 9.84 Å². The van der Waals surface area contributed by atoms with Crippen molar-refractivity contribution in [2.45, 2.75) is 19.6 Å². The monoisotopic (exact) mass is 375 g/mol. The van der Waals surface area contributed by atoms with Gasteiger partial charge in [0.25, 0.3) is 5.56 Å². The Hall–Kier alpha value is -3.38. The molecule has 142 valence electrons. The first-order valence-electron chi connectivity index (χ1n) is 9.13. The fourth-order valence-electron chi connectivity index (χ4n) is 3.18. The van der Waals surface area contributed by atoms with E-state index in [2.05, 4.69) is 5.10 Å². The number of fused-ring (bicyclic) bond motifs is 1. The van der Waals surface area contributed by atoms with Crippen LogP contribution in [0.25, 0.3) is 16.9 Å². The van der Waals surface area contributed by atoms with E-state index in [1.807, 2.05) is 78.2 Å².